The zero-order valence-corrected chi connectivity index (χ0v) is 10.6. The van der Waals surface area contributed by atoms with Crippen LogP contribution in [0.5, 0.6) is 0 Å². The average molecular weight is 257 g/mol. The third-order valence-electron chi connectivity index (χ3n) is 2.81. The summed E-state index contributed by atoms with van der Waals surface area (Å²) in [6.07, 6.45) is 0.701. The first-order chi connectivity index (χ1) is 8.51. The molecule has 1 amide bonds. The van der Waals surface area contributed by atoms with Crippen LogP contribution in [0.2, 0.25) is 0 Å². The van der Waals surface area contributed by atoms with E-state index in [1.54, 1.807) is 13.1 Å². The van der Waals surface area contributed by atoms with Crippen molar-refractivity contribution in [3.05, 3.63) is 17.5 Å². The standard InChI is InChI=1S/C11H19N3O4/c1-3-8-4-9(14(2)13-8)10(18)12-11(5-15,6-16)7-17/h4,15-17H,3,5-7H2,1-2H3,(H,12,18). The van der Waals surface area contributed by atoms with Crippen molar-refractivity contribution in [1.29, 1.82) is 0 Å². The van der Waals surface area contributed by atoms with Gasteiger partial charge >= 0.3 is 0 Å². The van der Waals surface area contributed by atoms with Crippen LogP contribution in [0.15, 0.2) is 6.07 Å². The highest BCUT2D eigenvalue weighted by molar-refractivity contribution is 5.93. The fraction of sp³-hybridized carbons (Fsp3) is 0.636. The molecule has 0 aliphatic rings. The van der Waals surface area contributed by atoms with Crippen molar-refractivity contribution in [2.75, 3.05) is 19.8 Å². The van der Waals surface area contributed by atoms with Crippen LogP contribution in [0.3, 0.4) is 0 Å². The molecule has 0 atom stereocenters. The third-order valence-corrected chi connectivity index (χ3v) is 2.81. The normalized spacial score (nSPS) is 11.6. The lowest BCUT2D eigenvalue weighted by molar-refractivity contribution is 0.0371. The van der Waals surface area contributed by atoms with E-state index < -0.39 is 31.3 Å². The topological polar surface area (TPSA) is 108 Å². The Morgan fingerprint density at radius 1 is 1.39 bits per heavy atom. The highest BCUT2D eigenvalue weighted by Gasteiger charge is 2.31. The summed E-state index contributed by atoms with van der Waals surface area (Å²) in [5.74, 6) is -0.498. The zero-order chi connectivity index (χ0) is 13.8. The molecular weight excluding hydrogens is 238 g/mol. The minimum Gasteiger partial charge on any atom is -0.394 e. The number of aromatic nitrogens is 2. The SMILES string of the molecule is CCc1cc(C(=O)NC(CO)(CO)CO)n(C)n1. The number of amides is 1. The number of aliphatic hydroxyl groups excluding tert-OH is 3. The number of nitrogens with one attached hydrogen (secondary N) is 1. The fourth-order valence-electron chi connectivity index (χ4n) is 1.49. The maximum Gasteiger partial charge on any atom is 0.270 e. The molecule has 1 rings (SSSR count). The molecule has 0 bridgehead atoms. The summed E-state index contributed by atoms with van der Waals surface area (Å²) in [4.78, 5) is 12.0. The van der Waals surface area contributed by atoms with Gasteiger partial charge < -0.3 is 20.6 Å². The summed E-state index contributed by atoms with van der Waals surface area (Å²) in [5, 5.41) is 34.0. The lowest BCUT2D eigenvalue weighted by Crippen LogP contribution is -2.57. The molecule has 0 saturated heterocycles. The molecule has 0 radical (unpaired) electrons. The second-order valence-electron chi connectivity index (χ2n) is 4.21. The van der Waals surface area contributed by atoms with E-state index in [0.29, 0.717) is 12.1 Å². The number of hydrogen-bond acceptors (Lipinski definition) is 5. The third kappa shape index (κ3) is 2.87. The van der Waals surface area contributed by atoms with Crippen LogP contribution in [-0.2, 0) is 13.5 Å². The van der Waals surface area contributed by atoms with Crippen molar-refractivity contribution in [2.24, 2.45) is 7.05 Å². The van der Waals surface area contributed by atoms with E-state index in [2.05, 4.69) is 10.4 Å². The lowest BCUT2D eigenvalue weighted by atomic mass is 10.0. The Bertz CT molecular complexity index is 404. The number of aliphatic hydroxyl groups is 3. The number of rotatable bonds is 6. The summed E-state index contributed by atoms with van der Waals surface area (Å²) in [5.41, 5.74) is -0.342. The van der Waals surface area contributed by atoms with Crippen molar-refractivity contribution in [3.63, 3.8) is 0 Å². The van der Waals surface area contributed by atoms with Crippen LogP contribution in [0.4, 0.5) is 0 Å². The Morgan fingerprint density at radius 2 is 1.94 bits per heavy atom. The Labute approximate surface area is 105 Å². The number of carbonyl (C=O) groups is 1. The molecule has 7 heteroatoms. The van der Waals surface area contributed by atoms with Gasteiger partial charge in [0.1, 0.15) is 11.2 Å². The van der Waals surface area contributed by atoms with Gasteiger partial charge in [-0.25, -0.2) is 0 Å². The number of carbonyl (C=O) groups excluding carboxylic acids is 1. The highest BCUT2D eigenvalue weighted by Crippen LogP contribution is 2.08. The van der Waals surface area contributed by atoms with Crippen LogP contribution in [-0.4, -0.2) is 56.4 Å². The minimum atomic E-state index is -1.42. The van der Waals surface area contributed by atoms with Crippen LogP contribution < -0.4 is 5.32 Å². The van der Waals surface area contributed by atoms with Crippen LogP contribution in [0.1, 0.15) is 23.1 Å². The van der Waals surface area contributed by atoms with E-state index in [0.717, 1.165) is 5.69 Å². The van der Waals surface area contributed by atoms with Crippen molar-refractivity contribution in [3.8, 4) is 0 Å². The van der Waals surface area contributed by atoms with Crippen LogP contribution in [0, 0.1) is 0 Å². The van der Waals surface area contributed by atoms with Gasteiger partial charge in [-0.1, -0.05) is 6.92 Å². The van der Waals surface area contributed by atoms with Gasteiger partial charge in [-0.05, 0) is 12.5 Å². The predicted molar refractivity (Wildman–Crippen MR) is 64.0 cm³/mol. The first kappa shape index (κ1) is 14.6. The van der Waals surface area contributed by atoms with Gasteiger partial charge in [0.25, 0.3) is 5.91 Å². The lowest BCUT2D eigenvalue weighted by Gasteiger charge is -2.28. The summed E-state index contributed by atoms with van der Waals surface area (Å²) in [6, 6.07) is 1.63. The van der Waals surface area contributed by atoms with Gasteiger partial charge in [0, 0.05) is 7.05 Å². The molecule has 18 heavy (non-hydrogen) atoms. The molecule has 1 aromatic heterocycles. The molecule has 0 fully saturated rings. The summed E-state index contributed by atoms with van der Waals surface area (Å²) in [6.45, 7) is 0.266. The van der Waals surface area contributed by atoms with Crippen LogP contribution in [0.25, 0.3) is 0 Å². The van der Waals surface area contributed by atoms with Gasteiger partial charge in [-0.2, -0.15) is 5.10 Å². The van der Waals surface area contributed by atoms with Crippen molar-refractivity contribution < 1.29 is 20.1 Å². The van der Waals surface area contributed by atoms with Crippen molar-refractivity contribution >= 4 is 5.91 Å². The summed E-state index contributed by atoms with van der Waals surface area (Å²) in [7, 11) is 1.63. The Balaban J connectivity index is 2.90. The molecule has 0 aromatic carbocycles. The van der Waals surface area contributed by atoms with E-state index in [-0.39, 0.29) is 0 Å². The zero-order valence-electron chi connectivity index (χ0n) is 10.6. The van der Waals surface area contributed by atoms with Gasteiger partial charge in [0.2, 0.25) is 0 Å². The van der Waals surface area contributed by atoms with Crippen molar-refractivity contribution in [2.45, 2.75) is 18.9 Å². The minimum absolute atomic E-state index is 0.312. The van der Waals surface area contributed by atoms with Gasteiger partial charge in [-0.15, -0.1) is 0 Å². The van der Waals surface area contributed by atoms with E-state index in [9.17, 15) is 4.79 Å². The second-order valence-corrected chi connectivity index (χ2v) is 4.21. The molecule has 1 heterocycles. The fourth-order valence-corrected chi connectivity index (χ4v) is 1.49. The first-order valence-corrected chi connectivity index (χ1v) is 5.70. The predicted octanol–water partition coefficient (Wildman–Crippen LogP) is -1.57. The van der Waals surface area contributed by atoms with Crippen molar-refractivity contribution in [1.82, 2.24) is 15.1 Å². The largest absolute Gasteiger partial charge is 0.394 e. The highest BCUT2D eigenvalue weighted by atomic mass is 16.3. The van der Waals surface area contributed by atoms with E-state index in [1.807, 2.05) is 6.92 Å². The molecule has 0 aliphatic carbocycles. The quantitative estimate of drug-likeness (QED) is 0.492. The number of nitrogens with zero attached hydrogens (tertiary/aromatic N) is 2. The second kappa shape index (κ2) is 5.94. The maximum absolute atomic E-state index is 12.0. The average Bonchev–Trinajstić information content (AvgIpc) is 2.77. The van der Waals surface area contributed by atoms with Crippen LogP contribution >= 0.6 is 0 Å². The Morgan fingerprint density at radius 3 is 2.33 bits per heavy atom. The molecule has 0 unspecified atom stereocenters. The van der Waals surface area contributed by atoms with Gasteiger partial charge in [0.05, 0.1) is 25.5 Å². The number of aryl methyl sites for hydroxylation is 2. The van der Waals surface area contributed by atoms with E-state index in [1.165, 1.54) is 4.68 Å². The summed E-state index contributed by atoms with van der Waals surface area (Å²) < 4.78 is 1.42. The maximum atomic E-state index is 12.0. The molecule has 0 saturated carbocycles. The monoisotopic (exact) mass is 257 g/mol. The Hall–Kier alpha value is -1.44. The molecular formula is C11H19N3O4. The summed E-state index contributed by atoms with van der Waals surface area (Å²) >= 11 is 0. The van der Waals surface area contributed by atoms with E-state index >= 15 is 0 Å². The molecule has 0 spiro atoms. The molecule has 102 valence electrons. The molecule has 0 aliphatic heterocycles. The first-order valence-electron chi connectivity index (χ1n) is 5.70. The number of hydrogen-bond donors (Lipinski definition) is 4. The van der Waals surface area contributed by atoms with Gasteiger partial charge in [-0.3, -0.25) is 9.48 Å². The Kier molecular flexibility index (Phi) is 4.83. The van der Waals surface area contributed by atoms with Gasteiger partial charge in [0.15, 0.2) is 0 Å². The van der Waals surface area contributed by atoms with E-state index in [4.69, 9.17) is 15.3 Å². The molecule has 1 aromatic rings. The molecule has 7 nitrogen and oxygen atoms in total. The smallest absolute Gasteiger partial charge is 0.270 e. The molecule has 4 N–H and O–H groups in total.